The van der Waals surface area contributed by atoms with Gasteiger partial charge in [-0.2, -0.15) is 0 Å². The van der Waals surface area contributed by atoms with E-state index in [0.717, 1.165) is 5.56 Å². The summed E-state index contributed by atoms with van der Waals surface area (Å²) in [4.78, 5) is 4.08. The maximum Gasteiger partial charge on any atom is 0.181 e. The third-order valence-electron chi connectivity index (χ3n) is 2.00. The Hall–Kier alpha value is -1.62. The summed E-state index contributed by atoms with van der Waals surface area (Å²) in [6.07, 6.45) is 4.09. The number of rotatable bonds is 2. The summed E-state index contributed by atoms with van der Waals surface area (Å²) in [7, 11) is -3.13. The van der Waals surface area contributed by atoms with E-state index in [-0.39, 0.29) is 0 Å². The molecule has 0 aliphatic rings. The van der Waals surface area contributed by atoms with Crippen molar-refractivity contribution in [2.24, 2.45) is 0 Å². The lowest BCUT2D eigenvalue weighted by molar-refractivity contribution is 0.572. The summed E-state index contributed by atoms with van der Waals surface area (Å²) in [6, 6.07) is 6.48. The molecule has 5 heteroatoms. The van der Waals surface area contributed by atoms with Crippen molar-refractivity contribution in [3.63, 3.8) is 0 Å². The number of hydrogen-bond donors (Lipinski definition) is 0. The van der Waals surface area contributed by atoms with Gasteiger partial charge in [-0.3, -0.25) is 0 Å². The summed E-state index contributed by atoms with van der Waals surface area (Å²) in [5.74, 6) is 0.620. The van der Waals surface area contributed by atoms with E-state index in [0.29, 0.717) is 10.7 Å². The first-order valence-corrected chi connectivity index (χ1v) is 6.15. The van der Waals surface area contributed by atoms with Crippen molar-refractivity contribution >= 4 is 9.84 Å². The Morgan fingerprint density at radius 3 is 2.33 bits per heavy atom. The zero-order valence-corrected chi connectivity index (χ0v) is 8.86. The molecule has 15 heavy (non-hydrogen) atoms. The molecule has 1 heterocycles. The van der Waals surface area contributed by atoms with Crippen molar-refractivity contribution in [3.8, 4) is 11.3 Å². The van der Waals surface area contributed by atoms with Gasteiger partial charge in [0, 0.05) is 11.8 Å². The summed E-state index contributed by atoms with van der Waals surface area (Å²) < 4.78 is 27.5. The summed E-state index contributed by atoms with van der Waals surface area (Å²) in [6.45, 7) is 0. The minimum absolute atomic E-state index is 0.297. The van der Waals surface area contributed by atoms with Gasteiger partial charge >= 0.3 is 0 Å². The average Bonchev–Trinajstić information content (AvgIpc) is 2.69. The van der Waals surface area contributed by atoms with E-state index in [4.69, 9.17) is 4.42 Å². The van der Waals surface area contributed by atoms with Crippen LogP contribution >= 0.6 is 0 Å². The molecule has 0 amide bonds. The van der Waals surface area contributed by atoms with Crippen LogP contribution in [0.3, 0.4) is 0 Å². The lowest BCUT2D eigenvalue weighted by Crippen LogP contribution is -1.95. The highest BCUT2D eigenvalue weighted by atomic mass is 32.2. The van der Waals surface area contributed by atoms with Crippen LogP contribution in [-0.2, 0) is 9.84 Å². The molecule has 4 nitrogen and oxygen atoms in total. The third-order valence-corrected chi connectivity index (χ3v) is 3.13. The molecular weight excluding hydrogens is 214 g/mol. The zero-order valence-electron chi connectivity index (χ0n) is 8.04. The standard InChI is InChI=1S/C10H9NO3S/c1-15(12,13)9-4-2-8(3-5-9)10-6-11-7-14-10/h2-7H,1H3. The van der Waals surface area contributed by atoms with Crippen LogP contribution in [0.1, 0.15) is 0 Å². The Balaban J connectivity index is 2.42. The van der Waals surface area contributed by atoms with Gasteiger partial charge in [-0.15, -0.1) is 0 Å². The second-order valence-electron chi connectivity index (χ2n) is 3.16. The largest absolute Gasteiger partial charge is 0.444 e. The van der Waals surface area contributed by atoms with E-state index < -0.39 is 9.84 Å². The Morgan fingerprint density at radius 2 is 1.87 bits per heavy atom. The Kier molecular flexibility index (Phi) is 2.32. The molecule has 0 radical (unpaired) electrons. The molecule has 0 spiro atoms. The lowest BCUT2D eigenvalue weighted by Gasteiger charge is -1.99. The van der Waals surface area contributed by atoms with Gasteiger partial charge in [0.1, 0.15) is 0 Å². The molecule has 1 aromatic carbocycles. The molecular formula is C10H9NO3S. The Labute approximate surface area is 87.5 Å². The highest BCUT2D eigenvalue weighted by molar-refractivity contribution is 7.90. The van der Waals surface area contributed by atoms with Gasteiger partial charge in [-0.1, -0.05) is 0 Å². The maximum absolute atomic E-state index is 11.2. The van der Waals surface area contributed by atoms with Gasteiger partial charge in [0.15, 0.2) is 22.0 Å². The number of aromatic nitrogens is 1. The predicted molar refractivity (Wildman–Crippen MR) is 55.0 cm³/mol. The van der Waals surface area contributed by atoms with Crippen molar-refractivity contribution in [2.45, 2.75) is 4.90 Å². The maximum atomic E-state index is 11.2. The fourth-order valence-corrected chi connectivity index (χ4v) is 1.86. The minimum atomic E-state index is -3.13. The van der Waals surface area contributed by atoms with E-state index in [9.17, 15) is 8.42 Å². The van der Waals surface area contributed by atoms with Crippen LogP contribution in [0, 0.1) is 0 Å². The van der Waals surface area contributed by atoms with E-state index in [1.165, 1.54) is 12.6 Å². The molecule has 0 fully saturated rings. The molecule has 0 saturated carbocycles. The van der Waals surface area contributed by atoms with Gasteiger partial charge in [-0.05, 0) is 24.3 Å². The number of benzene rings is 1. The second kappa shape index (κ2) is 3.51. The topological polar surface area (TPSA) is 60.2 Å². The molecule has 2 aromatic rings. The van der Waals surface area contributed by atoms with Crippen LogP contribution in [0.4, 0.5) is 0 Å². The highest BCUT2D eigenvalue weighted by Crippen LogP contribution is 2.20. The molecule has 78 valence electrons. The molecule has 0 bridgehead atoms. The minimum Gasteiger partial charge on any atom is -0.444 e. The molecule has 0 aliphatic carbocycles. The molecule has 0 N–H and O–H groups in total. The molecule has 1 aromatic heterocycles. The van der Waals surface area contributed by atoms with Crippen LogP contribution in [0.5, 0.6) is 0 Å². The smallest absolute Gasteiger partial charge is 0.181 e. The lowest BCUT2D eigenvalue weighted by atomic mass is 10.2. The summed E-state index contributed by atoms with van der Waals surface area (Å²) in [5.41, 5.74) is 0.805. The summed E-state index contributed by atoms with van der Waals surface area (Å²) >= 11 is 0. The Morgan fingerprint density at radius 1 is 1.20 bits per heavy atom. The number of nitrogens with zero attached hydrogens (tertiary/aromatic N) is 1. The number of hydrogen-bond acceptors (Lipinski definition) is 4. The SMILES string of the molecule is CS(=O)(=O)c1ccc(-c2cnco2)cc1. The molecule has 0 saturated heterocycles. The molecule has 0 unspecified atom stereocenters. The van der Waals surface area contributed by atoms with Crippen molar-refractivity contribution in [1.29, 1.82) is 0 Å². The predicted octanol–water partition coefficient (Wildman–Crippen LogP) is 1.75. The fourth-order valence-electron chi connectivity index (χ4n) is 1.22. The van der Waals surface area contributed by atoms with E-state index in [2.05, 4.69) is 4.98 Å². The third kappa shape index (κ3) is 2.07. The summed E-state index contributed by atoms with van der Waals surface area (Å²) in [5, 5.41) is 0. The van der Waals surface area contributed by atoms with Gasteiger partial charge in [0.05, 0.1) is 11.1 Å². The average molecular weight is 223 g/mol. The first-order chi connectivity index (χ1) is 7.07. The first-order valence-electron chi connectivity index (χ1n) is 4.26. The van der Waals surface area contributed by atoms with E-state index >= 15 is 0 Å². The van der Waals surface area contributed by atoms with Gasteiger partial charge in [0.2, 0.25) is 0 Å². The van der Waals surface area contributed by atoms with Crippen LogP contribution in [0.25, 0.3) is 11.3 Å². The zero-order chi connectivity index (χ0) is 10.9. The monoisotopic (exact) mass is 223 g/mol. The van der Waals surface area contributed by atoms with Crippen LogP contribution in [0.15, 0.2) is 46.2 Å². The van der Waals surface area contributed by atoms with Crippen LogP contribution < -0.4 is 0 Å². The van der Waals surface area contributed by atoms with E-state index in [1.54, 1.807) is 30.5 Å². The molecule has 0 atom stereocenters. The first kappa shape index (κ1) is 9.92. The fraction of sp³-hybridized carbons (Fsp3) is 0.100. The second-order valence-corrected chi connectivity index (χ2v) is 5.18. The van der Waals surface area contributed by atoms with Crippen LogP contribution in [0.2, 0.25) is 0 Å². The highest BCUT2D eigenvalue weighted by Gasteiger charge is 2.07. The van der Waals surface area contributed by atoms with Gasteiger partial charge in [0.25, 0.3) is 0 Å². The number of oxazole rings is 1. The van der Waals surface area contributed by atoms with Gasteiger partial charge in [-0.25, -0.2) is 13.4 Å². The van der Waals surface area contributed by atoms with E-state index in [1.807, 2.05) is 0 Å². The molecule has 2 rings (SSSR count). The van der Waals surface area contributed by atoms with Crippen LogP contribution in [-0.4, -0.2) is 19.7 Å². The number of sulfone groups is 1. The van der Waals surface area contributed by atoms with Crippen molar-refractivity contribution in [1.82, 2.24) is 4.98 Å². The van der Waals surface area contributed by atoms with Crippen molar-refractivity contribution < 1.29 is 12.8 Å². The van der Waals surface area contributed by atoms with Crippen molar-refractivity contribution in [2.75, 3.05) is 6.26 Å². The quantitative estimate of drug-likeness (QED) is 0.778. The van der Waals surface area contributed by atoms with Crippen molar-refractivity contribution in [3.05, 3.63) is 36.9 Å². The normalized spacial score (nSPS) is 11.5. The Bertz CT molecular complexity index is 541. The molecule has 0 aliphatic heterocycles. The van der Waals surface area contributed by atoms with Gasteiger partial charge < -0.3 is 4.42 Å².